The van der Waals surface area contributed by atoms with Crippen LogP contribution in [0.4, 0.5) is 0 Å². The highest BCUT2D eigenvalue weighted by molar-refractivity contribution is 8.03. The van der Waals surface area contributed by atoms with E-state index in [1.54, 1.807) is 11.8 Å². The molecule has 0 saturated carbocycles. The van der Waals surface area contributed by atoms with Gasteiger partial charge >= 0.3 is 0 Å². The average molecular weight is 132 g/mol. The fourth-order valence-electron chi connectivity index (χ4n) is 0.371. The van der Waals surface area contributed by atoms with Crippen LogP contribution in [0.15, 0.2) is 11.5 Å². The fourth-order valence-corrected chi connectivity index (χ4v) is 1.11. The van der Waals surface area contributed by atoms with Crippen LogP contribution in [-0.2, 0) is 0 Å². The van der Waals surface area contributed by atoms with Crippen molar-refractivity contribution in [1.29, 1.82) is 0 Å². The predicted octanol–water partition coefficient (Wildman–Crippen LogP) is 1.63. The Kier molecular flexibility index (Phi) is 4.01. The third kappa shape index (κ3) is 4.22. The van der Waals surface area contributed by atoms with Crippen molar-refractivity contribution in [2.75, 3.05) is 6.61 Å². The number of aliphatic hydroxyl groups is 1. The van der Waals surface area contributed by atoms with Gasteiger partial charge in [-0.15, -0.1) is 11.8 Å². The lowest BCUT2D eigenvalue weighted by Gasteiger charge is -2.02. The molecule has 48 valence electrons. The molecule has 0 spiro atoms. The van der Waals surface area contributed by atoms with Crippen LogP contribution in [0.1, 0.15) is 13.8 Å². The quantitative estimate of drug-likeness (QED) is 0.630. The summed E-state index contributed by atoms with van der Waals surface area (Å²) >= 11 is 1.61. The Morgan fingerprint density at radius 1 is 1.75 bits per heavy atom. The van der Waals surface area contributed by atoms with Crippen molar-refractivity contribution in [3.8, 4) is 0 Å². The Hall–Kier alpha value is 0.0500. The number of rotatable bonds is 3. The van der Waals surface area contributed by atoms with Crippen LogP contribution in [0.2, 0.25) is 0 Å². The minimum atomic E-state index is 0.100. The lowest BCUT2D eigenvalue weighted by atomic mass is 10.6. The number of aliphatic hydroxyl groups excluding tert-OH is 1. The first kappa shape index (κ1) is 8.05. The molecule has 0 aliphatic heterocycles. The molecule has 0 bridgehead atoms. The molecule has 1 nitrogen and oxygen atoms in total. The molecule has 2 heteroatoms. The maximum absolute atomic E-state index is 8.46. The molecule has 1 N–H and O–H groups in total. The molecular weight excluding hydrogens is 120 g/mol. The van der Waals surface area contributed by atoms with Crippen molar-refractivity contribution in [2.45, 2.75) is 19.1 Å². The normalized spacial score (nSPS) is 10.0. The van der Waals surface area contributed by atoms with Gasteiger partial charge in [0.2, 0.25) is 0 Å². The van der Waals surface area contributed by atoms with Crippen molar-refractivity contribution in [3.63, 3.8) is 0 Å². The zero-order valence-electron chi connectivity index (χ0n) is 5.35. The van der Waals surface area contributed by atoms with E-state index >= 15 is 0 Å². The maximum atomic E-state index is 8.46. The Morgan fingerprint density at radius 3 is 2.38 bits per heavy atom. The Labute approximate surface area is 54.8 Å². The van der Waals surface area contributed by atoms with Gasteiger partial charge in [-0.1, -0.05) is 20.4 Å². The summed E-state index contributed by atoms with van der Waals surface area (Å²) in [6.45, 7) is 7.88. The highest BCUT2D eigenvalue weighted by Gasteiger charge is 1.95. The molecule has 0 aliphatic rings. The highest BCUT2D eigenvalue weighted by Crippen LogP contribution is 2.17. The van der Waals surface area contributed by atoms with Crippen LogP contribution in [0, 0.1) is 0 Å². The second-order valence-corrected chi connectivity index (χ2v) is 3.62. The van der Waals surface area contributed by atoms with E-state index in [0.29, 0.717) is 5.25 Å². The summed E-state index contributed by atoms with van der Waals surface area (Å²) < 4.78 is 0. The van der Waals surface area contributed by atoms with E-state index < -0.39 is 0 Å². The van der Waals surface area contributed by atoms with Crippen LogP contribution in [0.25, 0.3) is 0 Å². The second-order valence-electron chi connectivity index (χ2n) is 1.86. The summed E-state index contributed by atoms with van der Waals surface area (Å²) in [5.74, 6) is 0. The van der Waals surface area contributed by atoms with Gasteiger partial charge < -0.3 is 5.11 Å². The highest BCUT2D eigenvalue weighted by atomic mass is 32.2. The third-order valence-electron chi connectivity index (χ3n) is 0.579. The molecule has 0 amide bonds. The van der Waals surface area contributed by atoms with Gasteiger partial charge in [-0.3, -0.25) is 0 Å². The van der Waals surface area contributed by atoms with Crippen molar-refractivity contribution in [3.05, 3.63) is 11.5 Å². The summed E-state index contributed by atoms with van der Waals surface area (Å²) in [6, 6.07) is 0. The zero-order valence-corrected chi connectivity index (χ0v) is 6.16. The standard InChI is InChI=1S/C6H12OS/c1-5(2)8-6(3)4-7/h5,7H,3-4H2,1-2H3. The maximum Gasteiger partial charge on any atom is 0.0734 e. The topological polar surface area (TPSA) is 20.2 Å². The van der Waals surface area contributed by atoms with Gasteiger partial charge in [-0.05, 0) is 0 Å². The van der Waals surface area contributed by atoms with E-state index in [-0.39, 0.29) is 6.61 Å². The first-order valence-corrected chi connectivity index (χ1v) is 3.50. The fraction of sp³-hybridized carbons (Fsp3) is 0.667. The minimum absolute atomic E-state index is 0.100. The zero-order chi connectivity index (χ0) is 6.57. The molecule has 0 aromatic carbocycles. The SMILES string of the molecule is C=C(CO)SC(C)C. The lowest BCUT2D eigenvalue weighted by molar-refractivity contribution is 0.340. The molecule has 0 atom stereocenters. The van der Waals surface area contributed by atoms with Crippen molar-refractivity contribution >= 4 is 11.8 Å². The first-order valence-electron chi connectivity index (χ1n) is 2.62. The van der Waals surface area contributed by atoms with Crippen molar-refractivity contribution < 1.29 is 5.11 Å². The first-order chi connectivity index (χ1) is 3.66. The molecule has 0 heterocycles. The van der Waals surface area contributed by atoms with Crippen LogP contribution in [0.5, 0.6) is 0 Å². The summed E-state index contributed by atoms with van der Waals surface area (Å²) in [4.78, 5) is 0.847. The lowest BCUT2D eigenvalue weighted by Crippen LogP contribution is -1.90. The van der Waals surface area contributed by atoms with Crippen LogP contribution < -0.4 is 0 Å². The third-order valence-corrected chi connectivity index (χ3v) is 1.51. The number of hydrogen-bond donors (Lipinski definition) is 1. The Morgan fingerprint density at radius 2 is 2.25 bits per heavy atom. The van der Waals surface area contributed by atoms with E-state index in [4.69, 9.17) is 5.11 Å². The Balaban J connectivity index is 3.25. The van der Waals surface area contributed by atoms with Gasteiger partial charge in [0.05, 0.1) is 6.61 Å². The minimum Gasteiger partial charge on any atom is -0.391 e. The number of hydrogen-bond acceptors (Lipinski definition) is 2. The second kappa shape index (κ2) is 3.98. The summed E-state index contributed by atoms with van der Waals surface area (Å²) in [5, 5.41) is 9.00. The van der Waals surface area contributed by atoms with Crippen LogP contribution >= 0.6 is 11.8 Å². The van der Waals surface area contributed by atoms with Gasteiger partial charge in [0.25, 0.3) is 0 Å². The molecule has 0 aliphatic carbocycles. The smallest absolute Gasteiger partial charge is 0.0734 e. The van der Waals surface area contributed by atoms with Crippen LogP contribution in [0.3, 0.4) is 0 Å². The average Bonchev–Trinajstić information content (AvgIpc) is 1.65. The molecule has 0 saturated heterocycles. The molecular formula is C6H12OS. The van der Waals surface area contributed by atoms with E-state index in [1.165, 1.54) is 0 Å². The molecule has 0 unspecified atom stereocenters. The molecule has 0 radical (unpaired) electrons. The van der Waals surface area contributed by atoms with Gasteiger partial charge in [0.1, 0.15) is 0 Å². The van der Waals surface area contributed by atoms with Gasteiger partial charge in [-0.25, -0.2) is 0 Å². The van der Waals surface area contributed by atoms with Gasteiger partial charge in [0.15, 0.2) is 0 Å². The van der Waals surface area contributed by atoms with E-state index in [1.807, 2.05) is 0 Å². The summed E-state index contributed by atoms with van der Waals surface area (Å²) in [7, 11) is 0. The summed E-state index contributed by atoms with van der Waals surface area (Å²) in [5.41, 5.74) is 0. The van der Waals surface area contributed by atoms with Crippen molar-refractivity contribution in [1.82, 2.24) is 0 Å². The predicted molar refractivity (Wildman–Crippen MR) is 39.0 cm³/mol. The molecule has 0 fully saturated rings. The summed E-state index contributed by atoms with van der Waals surface area (Å²) in [6.07, 6.45) is 0. The van der Waals surface area contributed by atoms with E-state index in [0.717, 1.165) is 4.91 Å². The molecule has 8 heavy (non-hydrogen) atoms. The monoisotopic (exact) mass is 132 g/mol. The molecule has 0 aromatic heterocycles. The molecule has 0 aromatic rings. The Bertz CT molecular complexity index is 78.6. The van der Waals surface area contributed by atoms with E-state index in [9.17, 15) is 0 Å². The largest absolute Gasteiger partial charge is 0.391 e. The van der Waals surface area contributed by atoms with Crippen molar-refractivity contribution in [2.24, 2.45) is 0 Å². The van der Waals surface area contributed by atoms with E-state index in [2.05, 4.69) is 20.4 Å². The molecule has 0 rings (SSSR count). The van der Waals surface area contributed by atoms with Gasteiger partial charge in [-0.2, -0.15) is 0 Å². The van der Waals surface area contributed by atoms with Crippen LogP contribution in [-0.4, -0.2) is 17.0 Å². The number of thioether (sulfide) groups is 1. The van der Waals surface area contributed by atoms with Gasteiger partial charge in [0, 0.05) is 10.2 Å².